The summed E-state index contributed by atoms with van der Waals surface area (Å²) in [6.07, 6.45) is 0. The molecule has 1 aliphatic heterocycles. The molecule has 0 N–H and O–H groups in total. The molecule has 0 fully saturated rings. The second kappa shape index (κ2) is 7.16. The first-order valence-electron chi connectivity index (χ1n) is 9.46. The molecule has 0 amide bonds. The average molecular weight is 486 g/mol. The standard InChI is InChI=1S/C21H15N3O5S3/c1-13-23-17-5-4-16(11-19(17)29-13)32(27,28)24-8-9-31(25,26)21-7-2-14(10-18(21)24)20-6-3-15(12-22)30-20/h2-7,10-11H,8-9H2,1H3. The number of oxazole rings is 1. The van der Waals surface area contributed by atoms with Crippen LogP contribution in [0.2, 0.25) is 0 Å². The normalized spacial score (nSPS) is 15.4. The maximum Gasteiger partial charge on any atom is 0.264 e. The molecule has 162 valence electrons. The first-order valence-corrected chi connectivity index (χ1v) is 13.4. The highest BCUT2D eigenvalue weighted by Gasteiger charge is 2.36. The number of nitriles is 1. The second-order valence-electron chi connectivity index (χ2n) is 7.22. The molecule has 0 aliphatic carbocycles. The first kappa shape index (κ1) is 20.7. The summed E-state index contributed by atoms with van der Waals surface area (Å²) in [4.78, 5) is 5.37. The molecular weight excluding hydrogens is 470 g/mol. The van der Waals surface area contributed by atoms with Gasteiger partial charge in [0.2, 0.25) is 0 Å². The number of hydrogen-bond donors (Lipinski definition) is 0. The Morgan fingerprint density at radius 3 is 2.72 bits per heavy atom. The number of thiophene rings is 1. The van der Waals surface area contributed by atoms with Crippen molar-refractivity contribution in [3.63, 3.8) is 0 Å². The Hall–Kier alpha value is -3.20. The molecular formula is C21H15N3O5S3. The highest BCUT2D eigenvalue weighted by atomic mass is 32.2. The zero-order chi connectivity index (χ0) is 22.7. The number of anilines is 1. The number of aromatic nitrogens is 1. The van der Waals surface area contributed by atoms with E-state index in [1.165, 1.54) is 29.5 Å². The minimum Gasteiger partial charge on any atom is -0.441 e. The van der Waals surface area contributed by atoms with E-state index in [-0.39, 0.29) is 27.8 Å². The van der Waals surface area contributed by atoms with E-state index in [2.05, 4.69) is 11.1 Å². The summed E-state index contributed by atoms with van der Waals surface area (Å²) in [6.45, 7) is 1.46. The molecule has 0 unspecified atom stereocenters. The molecule has 0 atom stereocenters. The van der Waals surface area contributed by atoms with Gasteiger partial charge in [0.05, 0.1) is 21.2 Å². The Morgan fingerprint density at radius 2 is 1.97 bits per heavy atom. The number of benzene rings is 2. The van der Waals surface area contributed by atoms with E-state index in [0.29, 0.717) is 27.4 Å². The molecule has 0 bridgehead atoms. The van der Waals surface area contributed by atoms with Crippen LogP contribution in [0.3, 0.4) is 0 Å². The van der Waals surface area contributed by atoms with Crippen LogP contribution in [-0.4, -0.2) is 34.1 Å². The van der Waals surface area contributed by atoms with Gasteiger partial charge in [-0.25, -0.2) is 21.8 Å². The van der Waals surface area contributed by atoms with Gasteiger partial charge in [0.25, 0.3) is 10.0 Å². The van der Waals surface area contributed by atoms with Crippen molar-refractivity contribution in [2.75, 3.05) is 16.6 Å². The van der Waals surface area contributed by atoms with Gasteiger partial charge in [0, 0.05) is 24.4 Å². The molecule has 8 nitrogen and oxygen atoms in total. The SMILES string of the molecule is Cc1nc2ccc(S(=O)(=O)N3CCS(=O)(=O)c4ccc(-c5ccc(C#N)s5)cc43)cc2o1. The Kier molecular flexibility index (Phi) is 4.63. The summed E-state index contributed by atoms with van der Waals surface area (Å²) in [5.74, 6) is 0.0982. The molecule has 1 aliphatic rings. The molecule has 0 saturated carbocycles. The van der Waals surface area contributed by atoms with Gasteiger partial charge >= 0.3 is 0 Å². The zero-order valence-electron chi connectivity index (χ0n) is 16.6. The summed E-state index contributed by atoms with van der Waals surface area (Å²) in [5.41, 5.74) is 1.60. The smallest absolute Gasteiger partial charge is 0.264 e. The van der Waals surface area contributed by atoms with Gasteiger partial charge in [0.1, 0.15) is 16.5 Å². The van der Waals surface area contributed by atoms with Crippen LogP contribution >= 0.6 is 11.3 Å². The summed E-state index contributed by atoms with van der Waals surface area (Å²) in [6, 6.07) is 14.5. The molecule has 0 saturated heterocycles. The number of rotatable bonds is 3. The molecule has 0 spiro atoms. The van der Waals surface area contributed by atoms with Crippen LogP contribution < -0.4 is 4.31 Å². The van der Waals surface area contributed by atoms with Crippen molar-refractivity contribution >= 4 is 48.0 Å². The summed E-state index contributed by atoms with van der Waals surface area (Å²) >= 11 is 1.25. The Balaban J connectivity index is 1.66. The number of sulfonamides is 1. The average Bonchev–Trinajstić information content (AvgIpc) is 3.38. The lowest BCUT2D eigenvalue weighted by atomic mass is 10.1. The van der Waals surface area contributed by atoms with Crippen LogP contribution in [0.1, 0.15) is 10.8 Å². The highest BCUT2D eigenvalue weighted by molar-refractivity contribution is 7.94. The van der Waals surface area contributed by atoms with Crippen LogP contribution in [0.4, 0.5) is 5.69 Å². The number of hydrogen-bond acceptors (Lipinski definition) is 8. The molecule has 3 heterocycles. The van der Waals surface area contributed by atoms with E-state index in [0.717, 1.165) is 9.18 Å². The fourth-order valence-corrected chi connectivity index (χ4v) is 7.54. The third-order valence-corrected chi connectivity index (χ3v) is 9.76. The molecule has 11 heteroatoms. The molecule has 32 heavy (non-hydrogen) atoms. The van der Waals surface area contributed by atoms with Crippen LogP contribution in [0, 0.1) is 18.3 Å². The van der Waals surface area contributed by atoms with E-state index >= 15 is 0 Å². The topological polar surface area (TPSA) is 121 Å². The van der Waals surface area contributed by atoms with E-state index < -0.39 is 19.9 Å². The quantitative estimate of drug-likeness (QED) is 0.433. The summed E-state index contributed by atoms with van der Waals surface area (Å²) in [7, 11) is -7.70. The van der Waals surface area contributed by atoms with Crippen molar-refractivity contribution in [2.45, 2.75) is 16.7 Å². The number of sulfone groups is 1. The lowest BCUT2D eigenvalue weighted by molar-refractivity contribution is 0.559. The van der Waals surface area contributed by atoms with Crippen molar-refractivity contribution in [3.8, 4) is 16.5 Å². The fourth-order valence-electron chi connectivity index (χ4n) is 3.67. The summed E-state index contributed by atoms with van der Waals surface area (Å²) < 4.78 is 59.0. The van der Waals surface area contributed by atoms with Gasteiger partial charge in [0.15, 0.2) is 21.3 Å². The predicted octanol–water partition coefficient (Wildman–Crippen LogP) is 3.72. The van der Waals surface area contributed by atoms with E-state index in [1.807, 2.05) is 0 Å². The monoisotopic (exact) mass is 485 g/mol. The Labute approximate surface area is 188 Å². The van der Waals surface area contributed by atoms with Crippen LogP contribution in [0.25, 0.3) is 21.5 Å². The third kappa shape index (κ3) is 3.28. The van der Waals surface area contributed by atoms with Gasteiger partial charge in [-0.1, -0.05) is 6.07 Å². The highest BCUT2D eigenvalue weighted by Crippen LogP contribution is 2.39. The van der Waals surface area contributed by atoms with Crippen LogP contribution in [-0.2, 0) is 19.9 Å². The molecule has 5 rings (SSSR count). The van der Waals surface area contributed by atoms with E-state index in [9.17, 15) is 16.8 Å². The summed E-state index contributed by atoms with van der Waals surface area (Å²) in [5, 5.41) is 9.09. The van der Waals surface area contributed by atoms with Gasteiger partial charge < -0.3 is 4.42 Å². The zero-order valence-corrected chi connectivity index (χ0v) is 19.1. The maximum absolute atomic E-state index is 13.5. The van der Waals surface area contributed by atoms with Crippen LogP contribution in [0.15, 0.2) is 62.7 Å². The van der Waals surface area contributed by atoms with Crippen molar-refractivity contribution < 1.29 is 21.3 Å². The third-order valence-electron chi connectivity index (χ3n) is 5.18. The molecule has 2 aromatic carbocycles. The van der Waals surface area contributed by atoms with E-state index in [1.54, 1.807) is 37.3 Å². The second-order valence-corrected chi connectivity index (χ2v) is 12.2. The predicted molar refractivity (Wildman–Crippen MR) is 120 cm³/mol. The van der Waals surface area contributed by atoms with Gasteiger partial charge in [-0.2, -0.15) is 5.26 Å². The lowest BCUT2D eigenvalue weighted by Crippen LogP contribution is -2.39. The van der Waals surface area contributed by atoms with Gasteiger partial charge in [-0.15, -0.1) is 11.3 Å². The minimum atomic E-state index is -4.07. The van der Waals surface area contributed by atoms with Crippen LogP contribution in [0.5, 0.6) is 0 Å². The van der Waals surface area contributed by atoms with Crippen molar-refractivity contribution in [2.24, 2.45) is 0 Å². The van der Waals surface area contributed by atoms with E-state index in [4.69, 9.17) is 9.68 Å². The van der Waals surface area contributed by atoms with Crippen molar-refractivity contribution in [1.29, 1.82) is 5.26 Å². The van der Waals surface area contributed by atoms with Crippen molar-refractivity contribution in [3.05, 3.63) is 59.3 Å². The van der Waals surface area contributed by atoms with Gasteiger partial charge in [-0.3, -0.25) is 4.31 Å². The maximum atomic E-state index is 13.5. The largest absolute Gasteiger partial charge is 0.441 e. The number of fused-ring (bicyclic) bond motifs is 2. The Bertz CT molecular complexity index is 1640. The Morgan fingerprint density at radius 1 is 1.16 bits per heavy atom. The minimum absolute atomic E-state index is 0.0142. The molecule has 4 aromatic rings. The number of aryl methyl sites for hydroxylation is 1. The number of nitrogens with zero attached hydrogens (tertiary/aromatic N) is 3. The molecule has 0 radical (unpaired) electrons. The lowest BCUT2D eigenvalue weighted by Gasteiger charge is -2.30. The first-order chi connectivity index (χ1) is 15.2. The fraction of sp³-hybridized carbons (Fsp3) is 0.143. The van der Waals surface area contributed by atoms with Gasteiger partial charge in [-0.05, 0) is 42.0 Å². The molecule has 2 aromatic heterocycles. The van der Waals surface area contributed by atoms with Crippen molar-refractivity contribution in [1.82, 2.24) is 4.98 Å².